The molecule has 0 bridgehead atoms. The summed E-state index contributed by atoms with van der Waals surface area (Å²) in [6.07, 6.45) is -1.13. The number of nitrogens with zero attached hydrogens (tertiary/aromatic N) is 3. The van der Waals surface area contributed by atoms with Gasteiger partial charge in [0.2, 0.25) is 0 Å². The Labute approximate surface area is 334 Å². The topological polar surface area (TPSA) is 183 Å². The number of ether oxygens (including phenoxy) is 4. The average Bonchev–Trinajstić information content (AvgIpc) is 3.48. The molecule has 1 aliphatic heterocycles. The number of aromatic nitrogens is 2. The van der Waals surface area contributed by atoms with Crippen LogP contribution in [0.1, 0.15) is 69.9 Å². The summed E-state index contributed by atoms with van der Waals surface area (Å²) in [5.41, 5.74) is -3.60. The lowest BCUT2D eigenvalue weighted by molar-refractivity contribution is -0.133. The predicted octanol–water partition coefficient (Wildman–Crippen LogP) is 3.92. The SMILES string of the molecule is CCCCCN[C@@]1(O)[C@H](O)[C@@H](COC(c2ccccc2)(c2ccc(OC)cc2)c2ccc(OC)cc2)O[C@H]1n1ccc(=O)n(O[PH](=O)O)c1=O.CCN(CC)CC. The minimum atomic E-state index is -3.76. The molecule has 1 unspecified atom stereocenters. The number of benzene rings is 3. The van der Waals surface area contributed by atoms with E-state index in [1.165, 1.54) is 19.6 Å². The summed E-state index contributed by atoms with van der Waals surface area (Å²) in [5, 5.41) is 26.7. The highest BCUT2D eigenvalue weighted by atomic mass is 31.1. The van der Waals surface area contributed by atoms with Crippen LogP contribution in [0.3, 0.4) is 0 Å². The summed E-state index contributed by atoms with van der Waals surface area (Å²) < 4.78 is 40.9. The van der Waals surface area contributed by atoms with Gasteiger partial charge in [-0.2, -0.15) is 0 Å². The first kappa shape index (κ1) is 45.4. The summed E-state index contributed by atoms with van der Waals surface area (Å²) in [5.74, 6) is 1.26. The molecule has 312 valence electrons. The van der Waals surface area contributed by atoms with Gasteiger partial charge in [0.15, 0.2) is 12.0 Å². The normalized spacial score (nSPS) is 19.8. The standard InChI is InChI=1S/C35H42N3O11P.C6H15N/c1-4-5-9-21-36-35(42)31(40)29(48-32(35)37-22-20-30(39)38(33(37)41)49-50(43)44)23-47-34(24-10-7-6-8-11-24,25-12-16-27(45-2)17-13-25)26-14-18-28(46-3)19-15-26;1-4-7(5-2)6-3/h6-8,10-20,22,29,31-32,36,40,42,50H,4-5,9,21,23H2,1-3H3,(H,43,44);4-6H2,1-3H3/t29-,31-,32-,35-;/m1./s1. The Morgan fingerprint density at radius 2 is 1.39 bits per heavy atom. The summed E-state index contributed by atoms with van der Waals surface area (Å²) >= 11 is 0. The van der Waals surface area contributed by atoms with Crippen molar-refractivity contribution in [1.82, 2.24) is 19.5 Å². The molecule has 4 N–H and O–H groups in total. The van der Waals surface area contributed by atoms with Gasteiger partial charge in [-0.05, 0) is 73.6 Å². The van der Waals surface area contributed by atoms with E-state index in [2.05, 4.69) is 35.6 Å². The number of unbranched alkanes of at least 4 members (excludes halogenated alkanes) is 2. The fourth-order valence-corrected chi connectivity index (χ4v) is 7.13. The fraction of sp³-hybridized carbons (Fsp3) is 0.463. The van der Waals surface area contributed by atoms with Crippen LogP contribution in [-0.4, -0.2) is 94.2 Å². The van der Waals surface area contributed by atoms with Crippen LogP contribution in [-0.2, 0) is 19.6 Å². The molecule has 0 saturated carbocycles. The summed E-state index contributed by atoms with van der Waals surface area (Å²) in [7, 11) is -0.618. The Balaban J connectivity index is 0.000000940. The van der Waals surface area contributed by atoms with E-state index in [4.69, 9.17) is 18.9 Å². The first-order valence-corrected chi connectivity index (χ1v) is 20.5. The van der Waals surface area contributed by atoms with Crippen molar-refractivity contribution in [2.75, 3.05) is 47.0 Å². The molecular formula is C41H57N4O11P. The van der Waals surface area contributed by atoms with Crippen LogP contribution in [0.15, 0.2) is 101 Å². The fourth-order valence-electron chi connectivity index (χ4n) is 6.80. The number of nitrogens with one attached hydrogen (secondary N) is 1. The molecule has 57 heavy (non-hydrogen) atoms. The van der Waals surface area contributed by atoms with E-state index in [0.29, 0.717) is 29.0 Å². The monoisotopic (exact) mass is 812 g/mol. The zero-order chi connectivity index (χ0) is 41.6. The first-order valence-electron chi connectivity index (χ1n) is 19.2. The largest absolute Gasteiger partial charge is 0.497 e. The van der Waals surface area contributed by atoms with E-state index < -0.39 is 49.3 Å². The van der Waals surface area contributed by atoms with Crippen LogP contribution < -0.4 is 30.7 Å². The molecular weight excluding hydrogens is 755 g/mol. The van der Waals surface area contributed by atoms with Gasteiger partial charge in [0.1, 0.15) is 29.3 Å². The molecule has 1 aliphatic rings. The van der Waals surface area contributed by atoms with Crippen LogP contribution >= 0.6 is 8.25 Å². The third-order valence-corrected chi connectivity index (χ3v) is 10.4. The molecule has 0 amide bonds. The second-order valence-corrected chi connectivity index (χ2v) is 14.1. The lowest BCUT2D eigenvalue weighted by atomic mass is 9.80. The Morgan fingerprint density at radius 1 is 0.842 bits per heavy atom. The highest BCUT2D eigenvalue weighted by Gasteiger charge is 2.57. The van der Waals surface area contributed by atoms with Crippen molar-refractivity contribution in [1.29, 1.82) is 0 Å². The van der Waals surface area contributed by atoms with Gasteiger partial charge in [-0.1, -0.05) is 99.9 Å². The number of aliphatic hydroxyl groups excluding tert-OH is 1. The van der Waals surface area contributed by atoms with E-state index in [1.807, 2.05) is 61.5 Å². The van der Waals surface area contributed by atoms with Gasteiger partial charge < -0.3 is 43.6 Å². The molecule has 3 aromatic carbocycles. The Morgan fingerprint density at radius 3 is 1.86 bits per heavy atom. The van der Waals surface area contributed by atoms with Crippen molar-refractivity contribution >= 4 is 8.25 Å². The second-order valence-electron chi connectivity index (χ2n) is 13.4. The Kier molecular flexibility index (Phi) is 17.1. The predicted molar refractivity (Wildman–Crippen MR) is 217 cm³/mol. The molecule has 1 fully saturated rings. The van der Waals surface area contributed by atoms with Crippen LogP contribution in [0.2, 0.25) is 0 Å². The van der Waals surface area contributed by atoms with Gasteiger partial charge in [0.25, 0.3) is 5.56 Å². The minimum Gasteiger partial charge on any atom is -0.497 e. The number of aliphatic hydroxyl groups is 2. The van der Waals surface area contributed by atoms with Crippen molar-refractivity contribution in [3.05, 3.63) is 129 Å². The lowest BCUT2D eigenvalue weighted by Crippen LogP contribution is -2.60. The first-order chi connectivity index (χ1) is 27.4. The number of hydrogen-bond acceptors (Lipinski definition) is 12. The zero-order valence-electron chi connectivity index (χ0n) is 33.5. The van der Waals surface area contributed by atoms with E-state index in [-0.39, 0.29) is 17.9 Å². The van der Waals surface area contributed by atoms with Crippen LogP contribution in [0.25, 0.3) is 0 Å². The van der Waals surface area contributed by atoms with E-state index in [0.717, 1.165) is 35.2 Å². The van der Waals surface area contributed by atoms with Crippen LogP contribution in [0.5, 0.6) is 11.5 Å². The average molecular weight is 813 g/mol. The van der Waals surface area contributed by atoms with E-state index in [1.54, 1.807) is 38.5 Å². The van der Waals surface area contributed by atoms with Gasteiger partial charge in [-0.15, -0.1) is 0 Å². The number of hydrogen-bond donors (Lipinski definition) is 4. The van der Waals surface area contributed by atoms with Crippen molar-refractivity contribution in [2.45, 2.75) is 76.7 Å². The highest BCUT2D eigenvalue weighted by Crippen LogP contribution is 2.43. The van der Waals surface area contributed by atoms with E-state index in [9.17, 15) is 29.3 Å². The summed E-state index contributed by atoms with van der Waals surface area (Å²) in [6.45, 7) is 12.1. The van der Waals surface area contributed by atoms with Gasteiger partial charge in [-0.3, -0.25) is 14.7 Å². The minimum absolute atomic E-state index is 0.103. The van der Waals surface area contributed by atoms with Crippen LogP contribution in [0, 0.1) is 0 Å². The quantitative estimate of drug-likeness (QED) is 0.0463. The molecule has 5 rings (SSSR count). The zero-order valence-corrected chi connectivity index (χ0v) is 34.5. The Hall–Kier alpha value is -4.31. The second kappa shape index (κ2) is 21.4. The molecule has 16 heteroatoms. The third-order valence-electron chi connectivity index (χ3n) is 10.0. The van der Waals surface area contributed by atoms with Gasteiger partial charge in [0, 0.05) is 12.3 Å². The summed E-state index contributed by atoms with van der Waals surface area (Å²) in [6, 6.07) is 25.0. The van der Waals surface area contributed by atoms with Crippen molar-refractivity contribution in [3.63, 3.8) is 0 Å². The van der Waals surface area contributed by atoms with Gasteiger partial charge in [-0.25, -0.2) is 9.36 Å². The van der Waals surface area contributed by atoms with Crippen molar-refractivity contribution in [3.8, 4) is 11.5 Å². The molecule has 15 nitrogen and oxygen atoms in total. The molecule has 0 spiro atoms. The smallest absolute Gasteiger partial charge is 0.384 e. The summed E-state index contributed by atoms with van der Waals surface area (Å²) in [4.78, 5) is 37.4. The number of rotatable bonds is 19. The maximum Gasteiger partial charge on any atom is 0.384 e. The maximum atomic E-state index is 13.4. The Bertz CT molecular complexity index is 1900. The molecule has 5 atom stereocenters. The molecule has 0 radical (unpaired) electrons. The van der Waals surface area contributed by atoms with Crippen molar-refractivity contribution < 1.29 is 43.2 Å². The number of methoxy groups -OCH3 is 2. The maximum absolute atomic E-state index is 13.4. The van der Waals surface area contributed by atoms with Gasteiger partial charge >= 0.3 is 13.9 Å². The van der Waals surface area contributed by atoms with Crippen LogP contribution in [0.4, 0.5) is 0 Å². The van der Waals surface area contributed by atoms with Gasteiger partial charge in [0.05, 0.1) is 20.8 Å². The third kappa shape index (κ3) is 10.6. The van der Waals surface area contributed by atoms with Crippen molar-refractivity contribution in [2.24, 2.45) is 0 Å². The molecule has 1 aromatic heterocycles. The lowest BCUT2D eigenvalue weighted by Gasteiger charge is -2.37. The molecule has 2 heterocycles. The highest BCUT2D eigenvalue weighted by molar-refractivity contribution is 7.32. The van der Waals surface area contributed by atoms with E-state index >= 15 is 0 Å². The molecule has 1 saturated heterocycles. The molecule has 4 aromatic rings. The molecule has 0 aliphatic carbocycles.